The van der Waals surface area contributed by atoms with Crippen molar-refractivity contribution < 1.29 is 14.3 Å². The third-order valence-electron chi connectivity index (χ3n) is 4.92. The van der Waals surface area contributed by atoms with Gasteiger partial charge in [-0.25, -0.2) is 9.97 Å². The Hall–Kier alpha value is -2.45. The van der Waals surface area contributed by atoms with Crippen molar-refractivity contribution in [2.75, 3.05) is 45.2 Å². The molecule has 1 aliphatic rings. The minimum absolute atomic E-state index is 0.0521. The number of aromatic nitrogens is 2. The zero-order valence-corrected chi connectivity index (χ0v) is 16.1. The lowest BCUT2D eigenvalue weighted by Crippen LogP contribution is -2.54. The molecule has 0 saturated carbocycles. The summed E-state index contributed by atoms with van der Waals surface area (Å²) in [6, 6.07) is 2.05. The molecule has 0 aliphatic carbocycles. The predicted octanol–water partition coefficient (Wildman–Crippen LogP) is 1.15. The molecule has 0 radical (unpaired) electrons. The maximum Gasteiger partial charge on any atom is 0.257 e. The van der Waals surface area contributed by atoms with Crippen LogP contribution in [-0.2, 0) is 6.54 Å². The Morgan fingerprint density at radius 3 is 2.85 bits per heavy atom. The molecule has 2 aromatic heterocycles. The van der Waals surface area contributed by atoms with Crippen LogP contribution in [0.4, 0.5) is 5.95 Å². The van der Waals surface area contributed by atoms with Crippen molar-refractivity contribution in [3.63, 3.8) is 0 Å². The standard InChI is InChI=1S/C19H27N5O3/c1-14-17(10-20-19(21-14)22(2)3)18(26)24-7-6-23(16(12-24)4-8-25)11-15-5-9-27-13-15/h5,9-10,13,16,25H,4,6-8,11-12H2,1-3H3. The fourth-order valence-corrected chi connectivity index (χ4v) is 3.38. The molecule has 8 nitrogen and oxygen atoms in total. The van der Waals surface area contributed by atoms with E-state index in [-0.39, 0.29) is 18.6 Å². The average molecular weight is 373 g/mol. The number of piperazine rings is 1. The number of hydrogen-bond acceptors (Lipinski definition) is 7. The van der Waals surface area contributed by atoms with Crippen molar-refractivity contribution >= 4 is 11.9 Å². The van der Waals surface area contributed by atoms with E-state index in [9.17, 15) is 9.90 Å². The van der Waals surface area contributed by atoms with Gasteiger partial charge >= 0.3 is 0 Å². The van der Waals surface area contributed by atoms with Crippen molar-refractivity contribution in [2.45, 2.75) is 25.9 Å². The Balaban J connectivity index is 1.71. The Morgan fingerprint density at radius 1 is 1.41 bits per heavy atom. The van der Waals surface area contributed by atoms with E-state index < -0.39 is 0 Å². The lowest BCUT2D eigenvalue weighted by Gasteiger charge is -2.41. The molecule has 8 heteroatoms. The first-order chi connectivity index (χ1) is 13.0. The van der Waals surface area contributed by atoms with Crippen LogP contribution in [0.2, 0.25) is 0 Å². The number of hydrogen-bond donors (Lipinski definition) is 1. The van der Waals surface area contributed by atoms with Gasteiger partial charge in [-0.2, -0.15) is 0 Å². The molecule has 3 heterocycles. The number of furan rings is 1. The number of amides is 1. The highest BCUT2D eigenvalue weighted by molar-refractivity contribution is 5.95. The summed E-state index contributed by atoms with van der Waals surface area (Å²) in [6.07, 6.45) is 5.63. The van der Waals surface area contributed by atoms with Crippen molar-refractivity contribution in [2.24, 2.45) is 0 Å². The highest BCUT2D eigenvalue weighted by Crippen LogP contribution is 2.20. The summed E-state index contributed by atoms with van der Waals surface area (Å²) in [5.41, 5.74) is 2.31. The van der Waals surface area contributed by atoms with E-state index in [1.807, 2.05) is 36.9 Å². The number of aliphatic hydroxyl groups excluding tert-OH is 1. The Labute approximate surface area is 159 Å². The highest BCUT2D eigenvalue weighted by Gasteiger charge is 2.30. The van der Waals surface area contributed by atoms with Gasteiger partial charge in [-0.05, 0) is 19.4 Å². The van der Waals surface area contributed by atoms with Gasteiger partial charge in [-0.1, -0.05) is 0 Å². The van der Waals surface area contributed by atoms with Gasteiger partial charge in [0.1, 0.15) is 0 Å². The fraction of sp³-hybridized carbons (Fsp3) is 0.526. The molecule has 0 spiro atoms. The monoisotopic (exact) mass is 373 g/mol. The lowest BCUT2D eigenvalue weighted by molar-refractivity contribution is 0.0393. The van der Waals surface area contributed by atoms with Gasteiger partial charge in [0, 0.05) is 64.7 Å². The first-order valence-electron chi connectivity index (χ1n) is 9.15. The number of aliphatic hydroxyl groups is 1. The number of anilines is 1. The van der Waals surface area contributed by atoms with Crippen LogP contribution in [0.15, 0.2) is 29.2 Å². The second kappa shape index (κ2) is 8.49. The summed E-state index contributed by atoms with van der Waals surface area (Å²) in [5, 5.41) is 9.46. The summed E-state index contributed by atoms with van der Waals surface area (Å²) in [6.45, 7) is 4.64. The Kier molecular flexibility index (Phi) is 6.08. The van der Waals surface area contributed by atoms with E-state index in [4.69, 9.17) is 4.42 Å². The molecule has 27 heavy (non-hydrogen) atoms. The topological polar surface area (TPSA) is 85.9 Å². The van der Waals surface area contributed by atoms with Crippen LogP contribution in [-0.4, -0.2) is 77.2 Å². The molecule has 1 unspecified atom stereocenters. The number of carbonyl (C=O) groups excluding carboxylic acids is 1. The van der Waals surface area contributed by atoms with Crippen LogP contribution in [0, 0.1) is 6.92 Å². The molecular formula is C19H27N5O3. The van der Waals surface area contributed by atoms with E-state index in [1.54, 1.807) is 18.7 Å². The molecule has 1 saturated heterocycles. The van der Waals surface area contributed by atoms with Crippen molar-refractivity contribution in [3.8, 4) is 0 Å². The molecule has 1 fully saturated rings. The Morgan fingerprint density at radius 2 is 2.22 bits per heavy atom. The lowest BCUT2D eigenvalue weighted by atomic mass is 10.1. The predicted molar refractivity (Wildman–Crippen MR) is 102 cm³/mol. The summed E-state index contributed by atoms with van der Waals surface area (Å²) in [4.78, 5) is 27.7. The third-order valence-corrected chi connectivity index (χ3v) is 4.92. The molecule has 1 N–H and O–H groups in total. The number of rotatable bonds is 6. The molecule has 146 valence electrons. The van der Waals surface area contributed by atoms with Crippen molar-refractivity contribution in [1.82, 2.24) is 19.8 Å². The maximum atomic E-state index is 13.0. The maximum absolute atomic E-state index is 13.0. The number of carbonyl (C=O) groups is 1. The quantitative estimate of drug-likeness (QED) is 0.813. The van der Waals surface area contributed by atoms with Crippen LogP contribution >= 0.6 is 0 Å². The second-order valence-corrected chi connectivity index (χ2v) is 7.08. The van der Waals surface area contributed by atoms with Gasteiger partial charge in [0.15, 0.2) is 0 Å². The molecule has 3 rings (SSSR count). The zero-order valence-electron chi connectivity index (χ0n) is 16.1. The first kappa shape index (κ1) is 19.3. The van der Waals surface area contributed by atoms with E-state index in [0.29, 0.717) is 36.7 Å². The van der Waals surface area contributed by atoms with Gasteiger partial charge in [0.2, 0.25) is 5.95 Å². The summed E-state index contributed by atoms with van der Waals surface area (Å²) >= 11 is 0. The van der Waals surface area contributed by atoms with E-state index in [2.05, 4.69) is 14.9 Å². The highest BCUT2D eigenvalue weighted by atomic mass is 16.3. The fourth-order valence-electron chi connectivity index (χ4n) is 3.38. The second-order valence-electron chi connectivity index (χ2n) is 7.08. The van der Waals surface area contributed by atoms with Crippen LogP contribution in [0.1, 0.15) is 28.0 Å². The van der Waals surface area contributed by atoms with Crippen LogP contribution < -0.4 is 4.90 Å². The summed E-state index contributed by atoms with van der Waals surface area (Å²) in [5.74, 6) is 0.538. The largest absolute Gasteiger partial charge is 0.472 e. The molecule has 2 aromatic rings. The molecule has 0 aromatic carbocycles. The van der Waals surface area contributed by atoms with Gasteiger partial charge in [0.05, 0.1) is 23.8 Å². The molecule has 1 amide bonds. The van der Waals surface area contributed by atoms with Crippen molar-refractivity contribution in [1.29, 1.82) is 0 Å². The molecule has 0 bridgehead atoms. The van der Waals surface area contributed by atoms with Crippen LogP contribution in [0.25, 0.3) is 0 Å². The minimum atomic E-state index is -0.0521. The van der Waals surface area contributed by atoms with Crippen LogP contribution in [0.3, 0.4) is 0 Å². The SMILES string of the molecule is Cc1nc(N(C)C)ncc1C(=O)N1CCN(Cc2ccoc2)C(CCO)C1. The third kappa shape index (κ3) is 4.45. The van der Waals surface area contributed by atoms with Gasteiger partial charge in [-0.15, -0.1) is 0 Å². The number of aryl methyl sites for hydroxylation is 1. The normalized spacial score (nSPS) is 17.9. The van der Waals surface area contributed by atoms with Gasteiger partial charge in [-0.3, -0.25) is 9.69 Å². The number of nitrogens with zero attached hydrogens (tertiary/aromatic N) is 5. The van der Waals surface area contributed by atoms with Gasteiger partial charge in [0.25, 0.3) is 5.91 Å². The average Bonchev–Trinajstić information content (AvgIpc) is 3.15. The van der Waals surface area contributed by atoms with Crippen molar-refractivity contribution in [3.05, 3.63) is 41.6 Å². The molecular weight excluding hydrogens is 346 g/mol. The molecule has 1 atom stereocenters. The Bertz CT molecular complexity index is 763. The van der Waals surface area contributed by atoms with E-state index >= 15 is 0 Å². The van der Waals surface area contributed by atoms with E-state index in [1.165, 1.54) is 0 Å². The van der Waals surface area contributed by atoms with Gasteiger partial charge < -0.3 is 19.3 Å². The summed E-state index contributed by atoms with van der Waals surface area (Å²) < 4.78 is 5.15. The zero-order chi connectivity index (χ0) is 19.4. The van der Waals surface area contributed by atoms with E-state index in [0.717, 1.165) is 18.7 Å². The molecule has 1 aliphatic heterocycles. The first-order valence-corrected chi connectivity index (χ1v) is 9.15. The summed E-state index contributed by atoms with van der Waals surface area (Å²) in [7, 11) is 3.74. The minimum Gasteiger partial charge on any atom is -0.472 e. The van der Waals surface area contributed by atoms with Crippen LogP contribution in [0.5, 0.6) is 0 Å². The smallest absolute Gasteiger partial charge is 0.257 e.